The third kappa shape index (κ3) is 3.56. The molecule has 0 amide bonds. The molecule has 2 nitrogen and oxygen atoms in total. The first kappa shape index (κ1) is 13.3. The van der Waals surface area contributed by atoms with Crippen LogP contribution in [0, 0.1) is 6.92 Å². The molecule has 2 N–H and O–H groups in total. The summed E-state index contributed by atoms with van der Waals surface area (Å²) in [6, 6.07) is 6.38. The molecular formula is C11H18ClNO. The molecule has 0 saturated heterocycles. The molecule has 3 heteroatoms. The van der Waals surface area contributed by atoms with Gasteiger partial charge in [0.05, 0.1) is 7.11 Å². The largest absolute Gasteiger partial charge is 0.496 e. The monoisotopic (exact) mass is 215 g/mol. The molecule has 0 heterocycles. The van der Waals surface area contributed by atoms with Crippen molar-refractivity contribution in [3.8, 4) is 5.75 Å². The van der Waals surface area contributed by atoms with E-state index in [2.05, 4.69) is 19.1 Å². The zero-order chi connectivity index (χ0) is 9.84. The predicted molar refractivity (Wildman–Crippen MR) is 62.3 cm³/mol. The van der Waals surface area contributed by atoms with Gasteiger partial charge in [-0.1, -0.05) is 12.1 Å². The van der Waals surface area contributed by atoms with E-state index in [0.29, 0.717) is 0 Å². The summed E-state index contributed by atoms with van der Waals surface area (Å²) in [4.78, 5) is 0. The van der Waals surface area contributed by atoms with E-state index in [0.717, 1.165) is 12.2 Å². The van der Waals surface area contributed by atoms with E-state index in [4.69, 9.17) is 10.5 Å². The second-order valence-electron chi connectivity index (χ2n) is 3.50. The van der Waals surface area contributed by atoms with Gasteiger partial charge >= 0.3 is 0 Å². The molecular weight excluding hydrogens is 198 g/mol. The topological polar surface area (TPSA) is 35.2 Å². The van der Waals surface area contributed by atoms with Crippen LogP contribution in [-0.4, -0.2) is 13.2 Å². The molecule has 14 heavy (non-hydrogen) atoms. The summed E-state index contributed by atoms with van der Waals surface area (Å²) in [6.07, 6.45) is 0.865. The van der Waals surface area contributed by atoms with Gasteiger partial charge in [-0.25, -0.2) is 0 Å². The van der Waals surface area contributed by atoms with Crippen molar-refractivity contribution >= 4 is 12.4 Å². The molecule has 0 aliphatic rings. The number of halogens is 1. The van der Waals surface area contributed by atoms with Gasteiger partial charge in [0.15, 0.2) is 0 Å². The van der Waals surface area contributed by atoms with Gasteiger partial charge in [0.1, 0.15) is 5.75 Å². The van der Waals surface area contributed by atoms with Crippen LogP contribution in [0.25, 0.3) is 0 Å². The molecule has 1 aromatic rings. The van der Waals surface area contributed by atoms with E-state index in [1.165, 1.54) is 11.1 Å². The summed E-state index contributed by atoms with van der Waals surface area (Å²) in [5, 5.41) is 0. The molecule has 0 aromatic heterocycles. The molecule has 1 aromatic carbocycles. The van der Waals surface area contributed by atoms with Crippen LogP contribution >= 0.6 is 12.4 Å². The van der Waals surface area contributed by atoms with E-state index >= 15 is 0 Å². The number of rotatable bonds is 3. The Labute approximate surface area is 91.9 Å². The first-order chi connectivity index (χ1) is 6.13. The highest BCUT2D eigenvalue weighted by Gasteiger charge is 2.04. The Morgan fingerprint density at radius 1 is 1.43 bits per heavy atom. The third-order valence-corrected chi connectivity index (χ3v) is 1.98. The van der Waals surface area contributed by atoms with Crippen LogP contribution in [0.4, 0.5) is 0 Å². The zero-order valence-corrected chi connectivity index (χ0v) is 9.73. The molecule has 0 aliphatic carbocycles. The second kappa shape index (κ2) is 5.89. The molecule has 1 rings (SSSR count). The maximum absolute atomic E-state index is 5.73. The van der Waals surface area contributed by atoms with Crippen molar-refractivity contribution in [2.45, 2.75) is 26.3 Å². The van der Waals surface area contributed by atoms with Crippen molar-refractivity contribution in [3.05, 3.63) is 29.3 Å². The number of aryl methyl sites for hydroxylation is 1. The maximum atomic E-state index is 5.73. The van der Waals surface area contributed by atoms with Crippen LogP contribution in [0.2, 0.25) is 0 Å². The van der Waals surface area contributed by atoms with Crippen LogP contribution in [0.3, 0.4) is 0 Å². The van der Waals surface area contributed by atoms with Gasteiger partial charge in [-0.3, -0.25) is 0 Å². The molecule has 0 aliphatic heterocycles. The van der Waals surface area contributed by atoms with Gasteiger partial charge in [0.25, 0.3) is 0 Å². The molecule has 0 fully saturated rings. The van der Waals surface area contributed by atoms with E-state index < -0.39 is 0 Å². The lowest BCUT2D eigenvalue weighted by molar-refractivity contribution is 0.408. The van der Waals surface area contributed by atoms with Crippen molar-refractivity contribution < 1.29 is 4.74 Å². The minimum absolute atomic E-state index is 0. The summed E-state index contributed by atoms with van der Waals surface area (Å²) in [7, 11) is 1.69. The standard InChI is InChI=1S/C11H17NO.ClH/c1-8-4-5-10(7-9(2)12)11(6-8)13-3;/h4-6,9H,7,12H2,1-3H3;1H. The molecule has 0 radical (unpaired) electrons. The van der Waals surface area contributed by atoms with Crippen LogP contribution in [0.1, 0.15) is 18.1 Å². The zero-order valence-electron chi connectivity index (χ0n) is 8.91. The fraction of sp³-hybridized carbons (Fsp3) is 0.455. The molecule has 80 valence electrons. The summed E-state index contributed by atoms with van der Waals surface area (Å²) >= 11 is 0. The van der Waals surface area contributed by atoms with Crippen molar-refractivity contribution in [3.63, 3.8) is 0 Å². The minimum Gasteiger partial charge on any atom is -0.496 e. The second-order valence-corrected chi connectivity index (χ2v) is 3.50. The molecule has 1 unspecified atom stereocenters. The fourth-order valence-corrected chi connectivity index (χ4v) is 1.37. The fourth-order valence-electron chi connectivity index (χ4n) is 1.37. The number of methoxy groups -OCH3 is 1. The summed E-state index contributed by atoms with van der Waals surface area (Å²) in [6.45, 7) is 4.05. The predicted octanol–water partition coefficient (Wildman–Crippen LogP) is 2.32. The van der Waals surface area contributed by atoms with E-state index in [1.54, 1.807) is 7.11 Å². The number of benzene rings is 1. The minimum atomic E-state index is 0. The van der Waals surface area contributed by atoms with Gasteiger partial charge in [0, 0.05) is 6.04 Å². The van der Waals surface area contributed by atoms with E-state index in [9.17, 15) is 0 Å². The molecule has 0 bridgehead atoms. The van der Waals surface area contributed by atoms with Gasteiger partial charge in [-0.15, -0.1) is 12.4 Å². The number of hydrogen-bond acceptors (Lipinski definition) is 2. The van der Waals surface area contributed by atoms with E-state index in [-0.39, 0.29) is 18.4 Å². The van der Waals surface area contributed by atoms with Crippen molar-refractivity contribution in [1.29, 1.82) is 0 Å². The maximum Gasteiger partial charge on any atom is 0.122 e. The van der Waals surface area contributed by atoms with Crippen LogP contribution in [-0.2, 0) is 6.42 Å². The Balaban J connectivity index is 0.00000169. The van der Waals surface area contributed by atoms with Gasteiger partial charge in [0.2, 0.25) is 0 Å². The summed E-state index contributed by atoms with van der Waals surface area (Å²) in [5.41, 5.74) is 8.13. The average Bonchev–Trinajstić information content (AvgIpc) is 2.07. The lowest BCUT2D eigenvalue weighted by Gasteiger charge is -2.11. The Kier molecular flexibility index (Phi) is 5.58. The normalized spacial score (nSPS) is 11.7. The third-order valence-electron chi connectivity index (χ3n) is 1.98. The van der Waals surface area contributed by atoms with Gasteiger partial charge in [-0.05, 0) is 37.5 Å². The quantitative estimate of drug-likeness (QED) is 0.840. The Morgan fingerprint density at radius 3 is 2.57 bits per heavy atom. The highest BCUT2D eigenvalue weighted by Crippen LogP contribution is 2.20. The van der Waals surface area contributed by atoms with E-state index in [1.807, 2.05) is 13.0 Å². The van der Waals surface area contributed by atoms with Crippen LogP contribution < -0.4 is 10.5 Å². The number of hydrogen-bond donors (Lipinski definition) is 1. The summed E-state index contributed by atoms with van der Waals surface area (Å²) < 4.78 is 5.27. The molecule has 0 spiro atoms. The van der Waals surface area contributed by atoms with Crippen molar-refractivity contribution in [2.24, 2.45) is 5.73 Å². The average molecular weight is 216 g/mol. The molecule has 0 saturated carbocycles. The Bertz CT molecular complexity index is 287. The summed E-state index contributed by atoms with van der Waals surface area (Å²) in [5.74, 6) is 0.942. The lowest BCUT2D eigenvalue weighted by Crippen LogP contribution is -2.18. The number of ether oxygens (including phenoxy) is 1. The SMILES string of the molecule is COc1cc(C)ccc1CC(C)N.Cl. The first-order valence-electron chi connectivity index (χ1n) is 4.52. The molecule has 1 atom stereocenters. The first-order valence-corrected chi connectivity index (χ1v) is 4.52. The lowest BCUT2D eigenvalue weighted by atomic mass is 10.0. The Hall–Kier alpha value is -0.730. The van der Waals surface area contributed by atoms with Crippen LogP contribution in [0.5, 0.6) is 5.75 Å². The highest BCUT2D eigenvalue weighted by molar-refractivity contribution is 5.85. The highest BCUT2D eigenvalue weighted by atomic mass is 35.5. The van der Waals surface area contributed by atoms with Crippen LogP contribution in [0.15, 0.2) is 18.2 Å². The van der Waals surface area contributed by atoms with Gasteiger partial charge < -0.3 is 10.5 Å². The van der Waals surface area contributed by atoms with Gasteiger partial charge in [-0.2, -0.15) is 0 Å². The number of nitrogens with two attached hydrogens (primary N) is 1. The smallest absolute Gasteiger partial charge is 0.122 e. The van der Waals surface area contributed by atoms with Crippen molar-refractivity contribution in [2.75, 3.05) is 7.11 Å². The van der Waals surface area contributed by atoms with Crippen molar-refractivity contribution in [1.82, 2.24) is 0 Å². The Morgan fingerprint density at radius 2 is 2.07 bits per heavy atom.